The molecule has 2 N–H and O–H groups in total. The van der Waals surface area contributed by atoms with Crippen molar-refractivity contribution in [3.63, 3.8) is 0 Å². The highest BCUT2D eigenvalue weighted by Crippen LogP contribution is 2.35. The minimum Gasteiger partial charge on any atom is -0.440 e. The first kappa shape index (κ1) is 16.9. The zero-order valence-corrected chi connectivity index (χ0v) is 15.1. The van der Waals surface area contributed by atoms with Gasteiger partial charge >= 0.3 is 0 Å². The quantitative estimate of drug-likeness (QED) is 0.760. The number of allylic oxidation sites excluding steroid dienone is 1. The molecule has 2 aromatic carbocycles. The smallest absolute Gasteiger partial charge is 0.261 e. The molecule has 4 rings (SSSR count). The minimum atomic E-state index is -0.0634. The van der Waals surface area contributed by atoms with Gasteiger partial charge in [0.15, 0.2) is 0 Å². The molecule has 0 atom stereocenters. The van der Waals surface area contributed by atoms with Gasteiger partial charge in [0.25, 0.3) is 5.56 Å². The lowest BCUT2D eigenvalue weighted by Gasteiger charge is -2.21. The van der Waals surface area contributed by atoms with Gasteiger partial charge in [-0.1, -0.05) is 12.1 Å². The number of hydrogen-bond acceptors (Lipinski definition) is 5. The van der Waals surface area contributed by atoms with Crippen molar-refractivity contribution in [1.29, 1.82) is 5.26 Å². The molecule has 0 radical (unpaired) electrons. The standard InChI is InChI=1S/C21H18N4O2/c1-3-25-20(24-17-7-5-4-6-16(17)21(25)26)14-8-12(2)18-13(9-14)10-15(11-22)19(23)27-18/h4-9H,3,10,23H2,1-2H3. The Morgan fingerprint density at radius 3 is 2.85 bits per heavy atom. The van der Waals surface area contributed by atoms with Crippen molar-refractivity contribution in [3.8, 4) is 23.2 Å². The number of nitriles is 1. The maximum Gasteiger partial charge on any atom is 0.261 e. The summed E-state index contributed by atoms with van der Waals surface area (Å²) in [5, 5.41) is 9.85. The van der Waals surface area contributed by atoms with Crippen LogP contribution in [0.25, 0.3) is 22.3 Å². The molecular formula is C21H18N4O2. The molecule has 0 saturated heterocycles. The van der Waals surface area contributed by atoms with Gasteiger partial charge in [-0.3, -0.25) is 9.36 Å². The predicted octanol–water partition coefficient (Wildman–Crippen LogP) is 3.02. The molecule has 27 heavy (non-hydrogen) atoms. The Morgan fingerprint density at radius 1 is 1.33 bits per heavy atom. The van der Waals surface area contributed by atoms with Gasteiger partial charge in [-0.15, -0.1) is 0 Å². The average Bonchev–Trinajstić information content (AvgIpc) is 2.68. The SMILES string of the molecule is CCn1c(-c2cc(C)c3c(c2)CC(C#N)=C(N)O3)nc2ccccc2c1=O. The molecule has 0 spiro atoms. The van der Waals surface area contributed by atoms with Crippen LogP contribution >= 0.6 is 0 Å². The van der Waals surface area contributed by atoms with Crippen LogP contribution in [0.15, 0.2) is 52.6 Å². The van der Waals surface area contributed by atoms with Crippen LogP contribution in [0.5, 0.6) is 5.75 Å². The van der Waals surface area contributed by atoms with E-state index in [1.807, 2.05) is 44.2 Å². The summed E-state index contributed by atoms with van der Waals surface area (Å²) in [7, 11) is 0. The molecule has 1 aromatic heterocycles. The van der Waals surface area contributed by atoms with Crippen molar-refractivity contribution in [2.75, 3.05) is 0 Å². The Bertz CT molecular complexity index is 1220. The number of benzene rings is 2. The van der Waals surface area contributed by atoms with Crippen LogP contribution in [0.2, 0.25) is 0 Å². The topological polar surface area (TPSA) is 93.9 Å². The highest BCUT2D eigenvalue weighted by Gasteiger charge is 2.22. The largest absolute Gasteiger partial charge is 0.440 e. The van der Waals surface area contributed by atoms with E-state index in [9.17, 15) is 10.1 Å². The van der Waals surface area contributed by atoms with Crippen LogP contribution < -0.4 is 16.0 Å². The number of ether oxygens (including phenoxy) is 1. The van der Waals surface area contributed by atoms with E-state index in [4.69, 9.17) is 15.5 Å². The number of aryl methyl sites for hydroxylation is 1. The van der Waals surface area contributed by atoms with Gasteiger partial charge in [-0.2, -0.15) is 5.26 Å². The fraction of sp³-hybridized carbons (Fsp3) is 0.190. The van der Waals surface area contributed by atoms with Crippen LogP contribution in [0.1, 0.15) is 18.1 Å². The third-order valence-electron chi connectivity index (χ3n) is 4.80. The molecule has 0 saturated carbocycles. The van der Waals surface area contributed by atoms with Crippen molar-refractivity contribution in [2.45, 2.75) is 26.8 Å². The summed E-state index contributed by atoms with van der Waals surface area (Å²) in [5.41, 5.74) is 9.39. The monoisotopic (exact) mass is 358 g/mol. The van der Waals surface area contributed by atoms with E-state index in [0.29, 0.717) is 41.0 Å². The van der Waals surface area contributed by atoms with Crippen LogP contribution in [-0.2, 0) is 13.0 Å². The van der Waals surface area contributed by atoms with Crippen LogP contribution in [-0.4, -0.2) is 9.55 Å². The molecule has 0 fully saturated rings. The normalized spacial score (nSPS) is 13.2. The molecule has 134 valence electrons. The Balaban J connectivity index is 1.95. The van der Waals surface area contributed by atoms with Crippen molar-refractivity contribution in [2.24, 2.45) is 5.73 Å². The Morgan fingerprint density at radius 2 is 2.11 bits per heavy atom. The molecule has 6 nitrogen and oxygen atoms in total. The fourth-order valence-corrected chi connectivity index (χ4v) is 3.48. The van der Waals surface area contributed by atoms with E-state index in [2.05, 4.69) is 6.07 Å². The molecular weight excluding hydrogens is 340 g/mol. The summed E-state index contributed by atoms with van der Waals surface area (Å²) in [6, 6.07) is 13.3. The Labute approximate surface area is 156 Å². The van der Waals surface area contributed by atoms with E-state index in [1.165, 1.54) is 0 Å². The highest BCUT2D eigenvalue weighted by atomic mass is 16.5. The van der Waals surface area contributed by atoms with Gasteiger partial charge in [0.05, 0.1) is 16.5 Å². The number of nitrogens with zero attached hydrogens (tertiary/aromatic N) is 3. The van der Waals surface area contributed by atoms with Crippen LogP contribution in [0, 0.1) is 18.3 Å². The van der Waals surface area contributed by atoms with Crippen LogP contribution in [0.4, 0.5) is 0 Å². The summed E-state index contributed by atoms with van der Waals surface area (Å²) in [4.78, 5) is 17.6. The van der Waals surface area contributed by atoms with Gasteiger partial charge in [0.1, 0.15) is 17.6 Å². The van der Waals surface area contributed by atoms with Gasteiger partial charge in [0, 0.05) is 24.1 Å². The van der Waals surface area contributed by atoms with Crippen molar-refractivity contribution >= 4 is 10.9 Å². The predicted molar refractivity (Wildman–Crippen MR) is 103 cm³/mol. The molecule has 0 unspecified atom stereocenters. The summed E-state index contributed by atoms with van der Waals surface area (Å²) in [5.74, 6) is 1.42. The fourth-order valence-electron chi connectivity index (χ4n) is 3.48. The lowest BCUT2D eigenvalue weighted by molar-refractivity contribution is 0.396. The zero-order chi connectivity index (χ0) is 19.1. The molecule has 1 aliphatic rings. The van der Waals surface area contributed by atoms with Crippen molar-refractivity contribution in [1.82, 2.24) is 9.55 Å². The summed E-state index contributed by atoms with van der Waals surface area (Å²) >= 11 is 0. The second-order valence-electron chi connectivity index (χ2n) is 6.52. The van der Waals surface area contributed by atoms with E-state index >= 15 is 0 Å². The first-order valence-corrected chi connectivity index (χ1v) is 8.73. The molecule has 0 bridgehead atoms. The summed E-state index contributed by atoms with van der Waals surface area (Å²) in [6.45, 7) is 4.35. The summed E-state index contributed by atoms with van der Waals surface area (Å²) < 4.78 is 7.32. The van der Waals surface area contributed by atoms with Gasteiger partial charge < -0.3 is 10.5 Å². The molecule has 0 aliphatic carbocycles. The lowest BCUT2D eigenvalue weighted by atomic mass is 9.97. The number of nitrogens with two attached hydrogens (primary N) is 1. The molecule has 0 amide bonds. The Kier molecular flexibility index (Phi) is 3.93. The lowest BCUT2D eigenvalue weighted by Crippen LogP contribution is -2.23. The minimum absolute atomic E-state index is 0.0634. The number of para-hydroxylation sites is 1. The first-order chi connectivity index (χ1) is 13.0. The van der Waals surface area contributed by atoms with Gasteiger partial charge in [-0.05, 0) is 43.7 Å². The van der Waals surface area contributed by atoms with Crippen molar-refractivity contribution in [3.05, 3.63) is 69.3 Å². The number of aromatic nitrogens is 2. The first-order valence-electron chi connectivity index (χ1n) is 8.73. The molecule has 3 aromatic rings. The average molecular weight is 358 g/mol. The van der Waals surface area contributed by atoms with Crippen LogP contribution in [0.3, 0.4) is 0 Å². The Hall–Kier alpha value is -3.59. The second-order valence-corrected chi connectivity index (χ2v) is 6.52. The number of fused-ring (bicyclic) bond motifs is 2. The van der Waals surface area contributed by atoms with Gasteiger partial charge in [-0.25, -0.2) is 4.98 Å². The number of rotatable bonds is 2. The third-order valence-corrected chi connectivity index (χ3v) is 4.80. The highest BCUT2D eigenvalue weighted by molar-refractivity contribution is 5.80. The summed E-state index contributed by atoms with van der Waals surface area (Å²) in [6.07, 6.45) is 0.399. The maximum atomic E-state index is 12.9. The van der Waals surface area contributed by atoms with E-state index in [0.717, 1.165) is 16.7 Å². The van der Waals surface area contributed by atoms with E-state index in [-0.39, 0.29) is 11.4 Å². The van der Waals surface area contributed by atoms with E-state index < -0.39 is 0 Å². The van der Waals surface area contributed by atoms with Gasteiger partial charge in [0.2, 0.25) is 5.88 Å². The maximum absolute atomic E-state index is 12.9. The molecule has 1 aliphatic heterocycles. The van der Waals surface area contributed by atoms with Crippen molar-refractivity contribution < 1.29 is 4.74 Å². The molecule has 2 heterocycles. The molecule has 6 heteroatoms. The third kappa shape index (κ3) is 2.64. The van der Waals surface area contributed by atoms with E-state index in [1.54, 1.807) is 10.6 Å². The zero-order valence-electron chi connectivity index (χ0n) is 15.1. The second kappa shape index (κ2) is 6.29. The number of hydrogen-bond donors (Lipinski definition) is 1.